The van der Waals surface area contributed by atoms with E-state index in [9.17, 15) is 13.2 Å². The minimum Gasteiger partial charge on any atom is -0.478 e. The second-order valence-corrected chi connectivity index (χ2v) is 5.88. The number of aromatic carboxylic acids is 1. The van der Waals surface area contributed by atoms with Crippen LogP contribution in [0.2, 0.25) is 0 Å². The molecule has 0 aliphatic rings. The molecule has 0 aliphatic heterocycles. The van der Waals surface area contributed by atoms with Crippen molar-refractivity contribution < 1.29 is 22.7 Å². The van der Waals surface area contributed by atoms with E-state index in [4.69, 9.17) is 9.52 Å². The Morgan fingerprint density at radius 1 is 1.35 bits per heavy atom. The van der Waals surface area contributed by atoms with Crippen LogP contribution in [0, 0.1) is 20.8 Å². The highest BCUT2D eigenvalue weighted by Crippen LogP contribution is 2.28. The van der Waals surface area contributed by atoms with Crippen LogP contribution in [0.4, 0.5) is 5.82 Å². The van der Waals surface area contributed by atoms with Crippen LogP contribution in [0.15, 0.2) is 15.4 Å². The maximum Gasteiger partial charge on any atom is 0.340 e. The lowest BCUT2D eigenvalue weighted by Gasteiger charge is -2.05. The minimum atomic E-state index is -4.09. The molecule has 2 rings (SSSR count). The number of aromatic nitrogens is 2. The summed E-state index contributed by atoms with van der Waals surface area (Å²) >= 11 is 0. The Bertz CT molecular complexity index is 772. The molecule has 9 heteroatoms. The Hall–Kier alpha value is -2.29. The molecule has 2 aromatic heterocycles. The lowest BCUT2D eigenvalue weighted by Crippen LogP contribution is -2.17. The number of carboxylic acid groups (broad SMARTS) is 1. The summed E-state index contributed by atoms with van der Waals surface area (Å²) in [6.45, 7) is 4.50. The third-order valence-corrected chi connectivity index (χ3v) is 4.14. The summed E-state index contributed by atoms with van der Waals surface area (Å²) in [5.74, 6) is -1.23. The molecule has 8 nitrogen and oxygen atoms in total. The molecule has 0 saturated carbocycles. The maximum atomic E-state index is 12.3. The van der Waals surface area contributed by atoms with Gasteiger partial charge in [0.1, 0.15) is 22.0 Å². The molecule has 108 valence electrons. The second-order valence-electron chi connectivity index (χ2n) is 4.27. The van der Waals surface area contributed by atoms with E-state index < -0.39 is 16.0 Å². The van der Waals surface area contributed by atoms with Gasteiger partial charge in [0.25, 0.3) is 10.0 Å². The number of nitrogens with zero attached hydrogens (tertiary/aromatic N) is 1. The number of H-pyrrole nitrogens is 1. The van der Waals surface area contributed by atoms with Crippen LogP contribution < -0.4 is 4.72 Å². The van der Waals surface area contributed by atoms with E-state index in [1.54, 1.807) is 6.92 Å². The standard InChI is InChI=1S/C11H13N3O5S/c1-5-4-8(13-12-5)14-20(17,18)10-7(3)19-6(2)9(10)11(15)16/h4H,1-3H3,(H,15,16)(H2,12,13,14). The van der Waals surface area contributed by atoms with Crippen molar-refractivity contribution in [3.63, 3.8) is 0 Å². The van der Waals surface area contributed by atoms with Crippen molar-refractivity contribution in [1.29, 1.82) is 0 Å². The van der Waals surface area contributed by atoms with Crippen LogP contribution in [-0.4, -0.2) is 29.7 Å². The van der Waals surface area contributed by atoms with E-state index in [1.165, 1.54) is 19.9 Å². The SMILES string of the molecule is Cc1cc(NS(=O)(=O)c2c(C)oc(C)c2C(=O)O)n[nH]1. The fraction of sp³-hybridized carbons (Fsp3) is 0.273. The van der Waals surface area contributed by atoms with Gasteiger partial charge in [-0.3, -0.25) is 9.82 Å². The molecule has 0 fully saturated rings. The van der Waals surface area contributed by atoms with Gasteiger partial charge in [-0.15, -0.1) is 0 Å². The summed E-state index contributed by atoms with van der Waals surface area (Å²) < 4.78 is 31.9. The summed E-state index contributed by atoms with van der Waals surface area (Å²) in [5.41, 5.74) is 0.295. The minimum absolute atomic E-state index is 0.0136. The van der Waals surface area contributed by atoms with Crippen molar-refractivity contribution in [1.82, 2.24) is 10.2 Å². The summed E-state index contributed by atoms with van der Waals surface area (Å²) in [5, 5.41) is 15.4. The van der Waals surface area contributed by atoms with Gasteiger partial charge in [-0.25, -0.2) is 13.2 Å². The zero-order valence-electron chi connectivity index (χ0n) is 11.0. The first-order valence-electron chi connectivity index (χ1n) is 5.60. The summed E-state index contributed by atoms with van der Waals surface area (Å²) in [6.07, 6.45) is 0. The number of hydrogen-bond acceptors (Lipinski definition) is 5. The normalized spacial score (nSPS) is 11.6. The van der Waals surface area contributed by atoms with E-state index in [1.807, 2.05) is 0 Å². The molecule has 0 amide bonds. The molecule has 2 heterocycles. The average Bonchev–Trinajstić information content (AvgIpc) is 2.81. The Morgan fingerprint density at radius 3 is 2.50 bits per heavy atom. The Balaban J connectivity index is 2.52. The van der Waals surface area contributed by atoms with Crippen molar-refractivity contribution in [3.05, 3.63) is 28.8 Å². The number of hydrogen-bond donors (Lipinski definition) is 3. The van der Waals surface area contributed by atoms with Crippen molar-refractivity contribution in [2.75, 3.05) is 4.72 Å². The van der Waals surface area contributed by atoms with Crippen molar-refractivity contribution in [3.8, 4) is 0 Å². The van der Waals surface area contributed by atoms with Gasteiger partial charge < -0.3 is 9.52 Å². The van der Waals surface area contributed by atoms with Crippen LogP contribution >= 0.6 is 0 Å². The molecule has 0 radical (unpaired) electrons. The molecule has 20 heavy (non-hydrogen) atoms. The lowest BCUT2D eigenvalue weighted by atomic mass is 10.2. The molecular formula is C11H13N3O5S. The highest BCUT2D eigenvalue weighted by molar-refractivity contribution is 7.92. The van der Waals surface area contributed by atoms with Gasteiger partial charge in [0, 0.05) is 11.8 Å². The quantitative estimate of drug-likeness (QED) is 0.784. The largest absolute Gasteiger partial charge is 0.478 e. The van der Waals surface area contributed by atoms with Crippen molar-refractivity contribution in [2.24, 2.45) is 0 Å². The first-order valence-corrected chi connectivity index (χ1v) is 7.09. The predicted octanol–water partition coefficient (Wildman–Crippen LogP) is 1.43. The number of anilines is 1. The second kappa shape index (κ2) is 4.67. The fourth-order valence-corrected chi connectivity index (χ4v) is 3.30. The molecule has 3 N–H and O–H groups in total. The van der Waals surface area contributed by atoms with E-state index in [2.05, 4.69) is 14.9 Å². The van der Waals surface area contributed by atoms with Crippen LogP contribution in [0.5, 0.6) is 0 Å². The number of aryl methyl sites for hydroxylation is 3. The number of furan rings is 1. The number of sulfonamides is 1. The summed E-state index contributed by atoms with van der Waals surface area (Å²) in [6, 6.07) is 1.49. The van der Waals surface area contributed by atoms with Crippen LogP contribution in [-0.2, 0) is 10.0 Å². The van der Waals surface area contributed by atoms with Gasteiger partial charge in [-0.05, 0) is 20.8 Å². The number of nitrogens with one attached hydrogen (secondary N) is 2. The number of aromatic amines is 1. The molecule has 0 atom stereocenters. The molecule has 0 unspecified atom stereocenters. The number of rotatable bonds is 4. The first-order chi connectivity index (χ1) is 9.22. The zero-order valence-corrected chi connectivity index (χ0v) is 11.8. The van der Waals surface area contributed by atoms with Crippen molar-refractivity contribution >= 4 is 21.8 Å². The van der Waals surface area contributed by atoms with E-state index in [-0.39, 0.29) is 27.8 Å². The molecule has 2 aromatic rings. The van der Waals surface area contributed by atoms with E-state index in [0.29, 0.717) is 5.69 Å². The molecule has 0 aliphatic carbocycles. The maximum absolute atomic E-state index is 12.3. The van der Waals surface area contributed by atoms with Crippen LogP contribution in [0.3, 0.4) is 0 Å². The average molecular weight is 299 g/mol. The Kier molecular flexibility index (Phi) is 3.30. The number of carboxylic acids is 1. The van der Waals surface area contributed by atoms with Gasteiger partial charge in [-0.1, -0.05) is 0 Å². The fourth-order valence-electron chi connectivity index (χ4n) is 1.89. The van der Waals surface area contributed by atoms with Gasteiger partial charge in [0.2, 0.25) is 0 Å². The topological polar surface area (TPSA) is 125 Å². The number of carbonyl (C=O) groups is 1. The van der Waals surface area contributed by atoms with Gasteiger partial charge in [0.05, 0.1) is 0 Å². The van der Waals surface area contributed by atoms with E-state index in [0.717, 1.165) is 0 Å². The smallest absolute Gasteiger partial charge is 0.340 e. The summed E-state index contributed by atoms with van der Waals surface area (Å²) in [7, 11) is -4.09. The third-order valence-electron chi connectivity index (χ3n) is 2.63. The van der Waals surface area contributed by atoms with E-state index >= 15 is 0 Å². The van der Waals surface area contributed by atoms with Gasteiger partial charge >= 0.3 is 5.97 Å². The van der Waals surface area contributed by atoms with Gasteiger partial charge in [-0.2, -0.15) is 5.10 Å². The molecule has 0 saturated heterocycles. The Labute approximate surface area is 114 Å². The highest BCUT2D eigenvalue weighted by atomic mass is 32.2. The molecule has 0 aromatic carbocycles. The van der Waals surface area contributed by atoms with Crippen LogP contribution in [0.25, 0.3) is 0 Å². The first kappa shape index (κ1) is 14.1. The predicted molar refractivity (Wildman–Crippen MR) is 69.3 cm³/mol. The van der Waals surface area contributed by atoms with Crippen molar-refractivity contribution in [2.45, 2.75) is 25.7 Å². The monoisotopic (exact) mass is 299 g/mol. The molecule has 0 bridgehead atoms. The third kappa shape index (κ3) is 2.39. The molecule has 0 spiro atoms. The van der Waals surface area contributed by atoms with Crippen LogP contribution in [0.1, 0.15) is 27.6 Å². The lowest BCUT2D eigenvalue weighted by molar-refractivity contribution is 0.0691. The van der Waals surface area contributed by atoms with Gasteiger partial charge in [0.15, 0.2) is 5.82 Å². The highest BCUT2D eigenvalue weighted by Gasteiger charge is 2.31. The zero-order chi connectivity index (χ0) is 15.1. The summed E-state index contributed by atoms with van der Waals surface area (Å²) in [4.78, 5) is 10.8. The Morgan fingerprint density at radius 2 is 2.00 bits per heavy atom. The molecular weight excluding hydrogens is 286 g/mol.